The summed E-state index contributed by atoms with van der Waals surface area (Å²) in [5.41, 5.74) is 1.40. The van der Waals surface area contributed by atoms with Crippen molar-refractivity contribution in [1.82, 2.24) is 28.5 Å². The van der Waals surface area contributed by atoms with E-state index >= 15 is 0 Å². The molecule has 9 nitrogen and oxygen atoms in total. The van der Waals surface area contributed by atoms with Crippen molar-refractivity contribution < 1.29 is 13.2 Å². The number of fused-ring (bicyclic) bond motifs is 2. The second-order valence-corrected chi connectivity index (χ2v) is 9.78. The van der Waals surface area contributed by atoms with Gasteiger partial charge < -0.3 is 9.47 Å². The Bertz CT molecular complexity index is 1000. The van der Waals surface area contributed by atoms with Gasteiger partial charge in [0.2, 0.25) is 15.9 Å². The van der Waals surface area contributed by atoms with Crippen LogP contribution in [0.1, 0.15) is 32.5 Å². The van der Waals surface area contributed by atoms with E-state index < -0.39 is 15.6 Å². The molecule has 0 saturated carbocycles. The third kappa shape index (κ3) is 2.86. The van der Waals surface area contributed by atoms with Crippen LogP contribution >= 0.6 is 0 Å². The summed E-state index contributed by atoms with van der Waals surface area (Å²) < 4.78 is 30.0. The molecule has 1 saturated heterocycles. The predicted molar refractivity (Wildman–Crippen MR) is 104 cm³/mol. The zero-order valence-corrected chi connectivity index (χ0v) is 17.3. The monoisotopic (exact) mass is 406 g/mol. The average molecular weight is 407 g/mol. The molecule has 1 spiro atoms. The fourth-order valence-electron chi connectivity index (χ4n) is 4.56. The van der Waals surface area contributed by atoms with Gasteiger partial charge in [-0.25, -0.2) is 17.7 Å². The van der Waals surface area contributed by atoms with Crippen molar-refractivity contribution in [3.8, 4) is 11.3 Å². The van der Waals surface area contributed by atoms with Crippen LogP contribution in [0.4, 0.5) is 0 Å². The van der Waals surface area contributed by atoms with E-state index in [-0.39, 0.29) is 11.7 Å². The number of amides is 1. The van der Waals surface area contributed by atoms with Gasteiger partial charge in [0.05, 0.1) is 23.8 Å². The van der Waals surface area contributed by atoms with Crippen molar-refractivity contribution in [3.05, 3.63) is 24.4 Å². The molecular weight excluding hydrogens is 380 g/mol. The predicted octanol–water partition coefficient (Wildman–Crippen LogP) is 0.786. The number of aromatic nitrogens is 4. The lowest BCUT2D eigenvalue weighted by atomic mass is 9.83. The highest BCUT2D eigenvalue weighted by Crippen LogP contribution is 2.42. The van der Waals surface area contributed by atoms with Crippen LogP contribution in [0.5, 0.6) is 0 Å². The Hall–Kier alpha value is -2.20. The van der Waals surface area contributed by atoms with Crippen molar-refractivity contribution in [2.24, 2.45) is 7.05 Å². The Morgan fingerprint density at radius 2 is 1.89 bits per heavy atom. The zero-order valence-electron chi connectivity index (χ0n) is 16.5. The summed E-state index contributed by atoms with van der Waals surface area (Å²) in [5.74, 6) is 0.946. The molecule has 10 heteroatoms. The molecule has 0 bridgehead atoms. The van der Waals surface area contributed by atoms with Crippen LogP contribution in [0.15, 0.2) is 18.6 Å². The molecule has 0 unspecified atom stereocenters. The van der Waals surface area contributed by atoms with Crippen LogP contribution in [-0.4, -0.2) is 68.2 Å². The maximum Gasteiger partial charge on any atom is 0.220 e. The molecule has 1 fully saturated rings. The van der Waals surface area contributed by atoms with Crippen LogP contribution in [0.3, 0.4) is 0 Å². The Morgan fingerprint density at radius 1 is 1.18 bits per heavy atom. The fourth-order valence-corrected chi connectivity index (χ4v) is 5.67. The van der Waals surface area contributed by atoms with Gasteiger partial charge >= 0.3 is 0 Å². The molecule has 1 amide bonds. The molecule has 4 heterocycles. The van der Waals surface area contributed by atoms with Gasteiger partial charge in [0, 0.05) is 51.9 Å². The van der Waals surface area contributed by atoms with Gasteiger partial charge in [0.1, 0.15) is 11.4 Å². The third-order valence-electron chi connectivity index (χ3n) is 6.02. The van der Waals surface area contributed by atoms with E-state index in [1.54, 1.807) is 22.8 Å². The minimum absolute atomic E-state index is 0.00368. The standard InChI is InChI=1S/C18H26N6O3S/c1-4-28(26,27)22-7-5-18(6-8-22)17-19-12-16(15-11-20-21(3)13-15)23(17)9-10-24(18)14(2)25/h11-13H,4-10H2,1-3H3. The first-order valence-electron chi connectivity index (χ1n) is 9.59. The normalized spacial score (nSPS) is 19.8. The second kappa shape index (κ2) is 6.70. The fraction of sp³-hybridized carbons (Fsp3) is 0.611. The van der Waals surface area contributed by atoms with E-state index in [1.807, 2.05) is 30.5 Å². The van der Waals surface area contributed by atoms with Gasteiger partial charge in [-0.05, 0) is 19.8 Å². The van der Waals surface area contributed by atoms with E-state index in [1.165, 1.54) is 0 Å². The smallest absolute Gasteiger partial charge is 0.220 e. The number of imidazole rings is 1. The number of carbonyl (C=O) groups is 1. The molecule has 4 rings (SSSR count). The Kier molecular flexibility index (Phi) is 4.58. The van der Waals surface area contributed by atoms with E-state index in [0.29, 0.717) is 39.0 Å². The average Bonchev–Trinajstić information content (AvgIpc) is 3.28. The molecule has 0 radical (unpaired) electrons. The van der Waals surface area contributed by atoms with Crippen LogP contribution in [0.2, 0.25) is 0 Å². The van der Waals surface area contributed by atoms with Crippen molar-refractivity contribution in [3.63, 3.8) is 0 Å². The highest BCUT2D eigenvalue weighted by Gasteiger charge is 2.49. The minimum Gasteiger partial charge on any atom is -0.328 e. The van der Waals surface area contributed by atoms with Gasteiger partial charge in [-0.15, -0.1) is 0 Å². The maximum absolute atomic E-state index is 12.4. The Balaban J connectivity index is 1.74. The van der Waals surface area contributed by atoms with Gasteiger partial charge in [-0.2, -0.15) is 5.10 Å². The molecular formula is C18H26N6O3S. The number of aryl methyl sites for hydroxylation is 1. The van der Waals surface area contributed by atoms with Crippen molar-refractivity contribution in [1.29, 1.82) is 0 Å². The molecule has 0 aromatic carbocycles. The maximum atomic E-state index is 12.4. The van der Waals surface area contributed by atoms with E-state index in [2.05, 4.69) is 9.67 Å². The number of sulfonamides is 1. The second-order valence-electron chi connectivity index (χ2n) is 7.52. The number of carbonyl (C=O) groups excluding carboxylic acids is 1. The molecule has 2 aromatic rings. The lowest BCUT2D eigenvalue weighted by Crippen LogP contribution is -2.59. The topological polar surface area (TPSA) is 93.3 Å². The van der Waals surface area contributed by atoms with Crippen LogP contribution in [0, 0.1) is 0 Å². The molecule has 0 N–H and O–H groups in total. The van der Waals surface area contributed by atoms with Gasteiger partial charge in [0.15, 0.2) is 0 Å². The zero-order chi connectivity index (χ0) is 20.1. The van der Waals surface area contributed by atoms with E-state index in [4.69, 9.17) is 4.98 Å². The highest BCUT2D eigenvalue weighted by molar-refractivity contribution is 7.89. The summed E-state index contributed by atoms with van der Waals surface area (Å²) in [7, 11) is -1.36. The number of hydrogen-bond acceptors (Lipinski definition) is 5. The van der Waals surface area contributed by atoms with Crippen LogP contribution in [-0.2, 0) is 33.9 Å². The molecule has 0 atom stereocenters. The summed E-state index contributed by atoms with van der Waals surface area (Å²) in [6, 6.07) is 0. The minimum atomic E-state index is -3.24. The van der Waals surface area contributed by atoms with Gasteiger partial charge in [0.25, 0.3) is 0 Å². The number of rotatable bonds is 3. The Morgan fingerprint density at radius 3 is 2.46 bits per heavy atom. The molecule has 28 heavy (non-hydrogen) atoms. The van der Waals surface area contributed by atoms with Crippen LogP contribution < -0.4 is 0 Å². The summed E-state index contributed by atoms with van der Waals surface area (Å²) in [6.07, 6.45) is 6.70. The first-order chi connectivity index (χ1) is 13.3. The molecule has 152 valence electrons. The highest BCUT2D eigenvalue weighted by atomic mass is 32.2. The summed E-state index contributed by atoms with van der Waals surface area (Å²) in [4.78, 5) is 19.1. The molecule has 2 aromatic heterocycles. The number of nitrogens with zero attached hydrogens (tertiary/aromatic N) is 6. The quantitative estimate of drug-likeness (QED) is 0.751. The van der Waals surface area contributed by atoms with Crippen molar-refractivity contribution in [2.45, 2.75) is 38.8 Å². The van der Waals surface area contributed by atoms with Crippen molar-refractivity contribution in [2.75, 3.05) is 25.4 Å². The largest absolute Gasteiger partial charge is 0.328 e. The Labute approximate surface area is 165 Å². The molecule has 0 aliphatic carbocycles. The summed E-state index contributed by atoms with van der Waals surface area (Å²) in [6.45, 7) is 5.29. The molecule has 2 aliphatic heterocycles. The lowest BCUT2D eigenvalue weighted by molar-refractivity contribution is -0.140. The van der Waals surface area contributed by atoms with Crippen LogP contribution in [0.25, 0.3) is 11.3 Å². The summed E-state index contributed by atoms with van der Waals surface area (Å²) in [5, 5.41) is 4.25. The lowest BCUT2D eigenvalue weighted by Gasteiger charge is -2.50. The van der Waals surface area contributed by atoms with E-state index in [9.17, 15) is 13.2 Å². The van der Waals surface area contributed by atoms with E-state index in [0.717, 1.165) is 17.1 Å². The SMILES string of the molecule is CCS(=O)(=O)N1CCC2(CC1)c1ncc(-c3cnn(C)c3)n1CCN2C(C)=O. The van der Waals surface area contributed by atoms with Gasteiger partial charge in [-0.1, -0.05) is 0 Å². The third-order valence-corrected chi connectivity index (χ3v) is 7.91. The first-order valence-corrected chi connectivity index (χ1v) is 11.2. The summed E-state index contributed by atoms with van der Waals surface area (Å²) >= 11 is 0. The molecule has 2 aliphatic rings. The van der Waals surface area contributed by atoms with Crippen molar-refractivity contribution >= 4 is 15.9 Å². The van der Waals surface area contributed by atoms with Gasteiger partial charge in [-0.3, -0.25) is 9.48 Å². The number of piperidine rings is 1. The number of hydrogen-bond donors (Lipinski definition) is 0. The first kappa shape index (κ1) is 19.1.